The Balaban J connectivity index is 2.06. The monoisotopic (exact) mass is 313 g/mol. The summed E-state index contributed by atoms with van der Waals surface area (Å²) < 4.78 is 38.3. The molecule has 0 fully saturated rings. The van der Waals surface area contributed by atoms with Crippen molar-refractivity contribution in [2.45, 2.75) is 12.1 Å². The van der Waals surface area contributed by atoms with Crippen LogP contribution in [0.1, 0.15) is 28.2 Å². The fourth-order valence-electron chi connectivity index (χ4n) is 2.64. The van der Waals surface area contributed by atoms with E-state index in [9.17, 15) is 13.2 Å². The molecule has 0 aliphatic heterocycles. The largest absolute Gasteiger partial charge is 0.416 e. The van der Waals surface area contributed by atoms with E-state index in [0.29, 0.717) is 0 Å². The van der Waals surface area contributed by atoms with Crippen LogP contribution in [0.5, 0.6) is 0 Å². The van der Waals surface area contributed by atoms with E-state index in [1.165, 1.54) is 0 Å². The van der Waals surface area contributed by atoms with E-state index in [-0.39, 0.29) is 5.92 Å². The van der Waals surface area contributed by atoms with Crippen LogP contribution in [0.2, 0.25) is 0 Å². The summed E-state index contributed by atoms with van der Waals surface area (Å²) in [4.78, 5) is 4.01. The first-order valence-electron chi connectivity index (χ1n) is 7.18. The van der Waals surface area contributed by atoms with Crippen molar-refractivity contribution in [3.63, 3.8) is 0 Å². The molecule has 0 spiro atoms. The molecule has 1 atom stereocenters. The van der Waals surface area contributed by atoms with Gasteiger partial charge in [0.05, 0.1) is 5.56 Å². The van der Waals surface area contributed by atoms with Crippen LogP contribution in [-0.2, 0) is 6.18 Å². The molecule has 0 amide bonds. The van der Waals surface area contributed by atoms with Crippen LogP contribution in [0.3, 0.4) is 0 Å². The third-order valence-corrected chi connectivity index (χ3v) is 3.74. The van der Waals surface area contributed by atoms with Gasteiger partial charge in [0.1, 0.15) is 0 Å². The highest BCUT2D eigenvalue weighted by atomic mass is 19.4. The quantitative estimate of drug-likeness (QED) is 0.641. The molecule has 2 aromatic carbocycles. The van der Waals surface area contributed by atoms with E-state index in [1.807, 2.05) is 42.5 Å². The van der Waals surface area contributed by atoms with E-state index in [0.717, 1.165) is 28.8 Å². The highest BCUT2D eigenvalue weighted by Crippen LogP contribution is 2.34. The van der Waals surface area contributed by atoms with E-state index in [1.54, 1.807) is 24.5 Å². The normalized spacial score (nSPS) is 12.8. The van der Waals surface area contributed by atoms with Crippen molar-refractivity contribution in [2.24, 2.45) is 0 Å². The first-order valence-corrected chi connectivity index (χ1v) is 7.18. The Bertz CT molecular complexity index is 711. The maximum Gasteiger partial charge on any atom is 0.416 e. The molecular weight excluding hydrogens is 299 g/mol. The minimum atomic E-state index is -4.32. The molecule has 3 rings (SSSR count). The van der Waals surface area contributed by atoms with Gasteiger partial charge in [-0.05, 0) is 41.0 Å². The van der Waals surface area contributed by atoms with Crippen molar-refractivity contribution in [1.29, 1.82) is 0 Å². The second kappa shape index (κ2) is 6.24. The lowest BCUT2D eigenvalue weighted by atomic mass is 9.85. The molecule has 1 unspecified atom stereocenters. The average molecular weight is 313 g/mol. The first kappa shape index (κ1) is 15.3. The van der Waals surface area contributed by atoms with Gasteiger partial charge in [0.15, 0.2) is 0 Å². The van der Waals surface area contributed by atoms with E-state index in [4.69, 9.17) is 0 Å². The third-order valence-electron chi connectivity index (χ3n) is 3.74. The van der Waals surface area contributed by atoms with Gasteiger partial charge in [-0.1, -0.05) is 42.5 Å². The number of halogens is 3. The standard InChI is InChI=1S/C19H14F3N/c20-19(21,22)17-8-6-15(7-9-17)18(14-4-2-1-3-5-14)16-10-12-23-13-11-16/h1-13,18H. The lowest BCUT2D eigenvalue weighted by Crippen LogP contribution is -2.07. The average Bonchev–Trinajstić information content (AvgIpc) is 2.57. The summed E-state index contributed by atoms with van der Waals surface area (Å²) in [6.07, 6.45) is -0.942. The second-order valence-electron chi connectivity index (χ2n) is 5.24. The smallest absolute Gasteiger partial charge is 0.265 e. The zero-order chi connectivity index (χ0) is 16.3. The Labute approximate surface area is 132 Å². The lowest BCUT2D eigenvalue weighted by Gasteiger charge is -2.19. The molecule has 0 radical (unpaired) electrons. The van der Waals surface area contributed by atoms with Crippen LogP contribution < -0.4 is 0 Å². The van der Waals surface area contributed by atoms with Gasteiger partial charge in [-0.15, -0.1) is 0 Å². The molecule has 23 heavy (non-hydrogen) atoms. The summed E-state index contributed by atoms with van der Waals surface area (Å²) in [5.74, 6) is -0.124. The molecule has 0 bridgehead atoms. The number of pyridine rings is 1. The summed E-state index contributed by atoms with van der Waals surface area (Å²) >= 11 is 0. The Morgan fingerprint density at radius 1 is 0.652 bits per heavy atom. The van der Waals surface area contributed by atoms with Crippen molar-refractivity contribution in [1.82, 2.24) is 4.98 Å². The van der Waals surface area contributed by atoms with Crippen LogP contribution in [0.15, 0.2) is 79.1 Å². The summed E-state index contributed by atoms with van der Waals surface area (Å²) in [6, 6.07) is 18.8. The number of alkyl halides is 3. The van der Waals surface area contributed by atoms with Crippen molar-refractivity contribution in [3.8, 4) is 0 Å². The molecule has 0 saturated carbocycles. The van der Waals surface area contributed by atoms with Crippen LogP contribution in [0, 0.1) is 0 Å². The number of hydrogen-bond donors (Lipinski definition) is 0. The topological polar surface area (TPSA) is 12.9 Å². The highest BCUT2D eigenvalue weighted by Gasteiger charge is 2.30. The number of benzene rings is 2. The van der Waals surface area contributed by atoms with Gasteiger partial charge in [-0.25, -0.2) is 0 Å². The lowest BCUT2D eigenvalue weighted by molar-refractivity contribution is -0.137. The van der Waals surface area contributed by atoms with Crippen molar-refractivity contribution < 1.29 is 13.2 Å². The fraction of sp³-hybridized carbons (Fsp3) is 0.105. The van der Waals surface area contributed by atoms with E-state index in [2.05, 4.69) is 4.98 Å². The molecular formula is C19H14F3N. The molecule has 116 valence electrons. The minimum Gasteiger partial charge on any atom is -0.265 e. The van der Waals surface area contributed by atoms with Crippen LogP contribution in [0.25, 0.3) is 0 Å². The zero-order valence-electron chi connectivity index (χ0n) is 12.2. The van der Waals surface area contributed by atoms with Gasteiger partial charge in [-0.2, -0.15) is 13.2 Å². The first-order chi connectivity index (χ1) is 11.1. The maximum absolute atomic E-state index is 12.8. The third kappa shape index (κ3) is 3.42. The number of aromatic nitrogens is 1. The second-order valence-corrected chi connectivity index (χ2v) is 5.24. The van der Waals surface area contributed by atoms with E-state index >= 15 is 0 Å². The molecule has 4 heteroatoms. The Morgan fingerprint density at radius 3 is 1.74 bits per heavy atom. The number of nitrogens with zero attached hydrogens (tertiary/aromatic N) is 1. The maximum atomic E-state index is 12.8. The van der Waals surface area contributed by atoms with Crippen LogP contribution in [0.4, 0.5) is 13.2 Å². The fourth-order valence-corrected chi connectivity index (χ4v) is 2.64. The molecule has 0 aliphatic carbocycles. The van der Waals surface area contributed by atoms with Crippen molar-refractivity contribution >= 4 is 0 Å². The predicted octanol–water partition coefficient (Wildman–Crippen LogP) is 5.28. The van der Waals surface area contributed by atoms with Gasteiger partial charge < -0.3 is 0 Å². The van der Waals surface area contributed by atoms with Crippen molar-refractivity contribution in [2.75, 3.05) is 0 Å². The Hall–Kier alpha value is -2.62. The van der Waals surface area contributed by atoms with Gasteiger partial charge in [0, 0.05) is 18.3 Å². The summed E-state index contributed by atoms with van der Waals surface area (Å²) in [5.41, 5.74) is 2.20. The predicted molar refractivity (Wildman–Crippen MR) is 83.1 cm³/mol. The van der Waals surface area contributed by atoms with E-state index < -0.39 is 11.7 Å². The Morgan fingerprint density at radius 2 is 1.17 bits per heavy atom. The molecule has 1 nitrogen and oxygen atoms in total. The Kier molecular flexibility index (Phi) is 4.15. The van der Waals surface area contributed by atoms with Gasteiger partial charge in [-0.3, -0.25) is 4.98 Å². The van der Waals surface area contributed by atoms with Gasteiger partial charge >= 0.3 is 6.18 Å². The highest BCUT2D eigenvalue weighted by molar-refractivity contribution is 5.43. The SMILES string of the molecule is FC(F)(F)c1ccc(C(c2ccccc2)c2ccncc2)cc1. The molecule has 1 aromatic heterocycles. The van der Waals surface area contributed by atoms with Gasteiger partial charge in [0.2, 0.25) is 0 Å². The zero-order valence-corrected chi connectivity index (χ0v) is 12.2. The minimum absolute atomic E-state index is 0.124. The summed E-state index contributed by atoms with van der Waals surface area (Å²) in [5, 5.41) is 0. The molecule has 3 aromatic rings. The van der Waals surface area contributed by atoms with Crippen LogP contribution >= 0.6 is 0 Å². The number of hydrogen-bond acceptors (Lipinski definition) is 1. The van der Waals surface area contributed by atoms with Gasteiger partial charge in [0.25, 0.3) is 0 Å². The summed E-state index contributed by atoms with van der Waals surface area (Å²) in [7, 11) is 0. The van der Waals surface area contributed by atoms with Crippen LogP contribution in [-0.4, -0.2) is 4.98 Å². The number of rotatable bonds is 3. The molecule has 0 saturated heterocycles. The molecule has 1 heterocycles. The summed E-state index contributed by atoms with van der Waals surface area (Å²) in [6.45, 7) is 0. The molecule has 0 aliphatic rings. The molecule has 0 N–H and O–H groups in total. The van der Waals surface area contributed by atoms with Crippen molar-refractivity contribution in [3.05, 3.63) is 101 Å².